The van der Waals surface area contributed by atoms with Crippen molar-refractivity contribution < 1.29 is 23.1 Å². The van der Waals surface area contributed by atoms with Crippen molar-refractivity contribution in [1.82, 2.24) is 9.62 Å². The summed E-state index contributed by atoms with van der Waals surface area (Å²) in [7, 11) is -3.72. The molecule has 140 valence electrons. The number of nitrogens with zero attached hydrogens (tertiary/aromatic N) is 1. The Labute approximate surface area is 152 Å². The molecule has 0 radical (unpaired) electrons. The highest BCUT2D eigenvalue weighted by Gasteiger charge is 2.25. The molecule has 0 aliphatic heterocycles. The van der Waals surface area contributed by atoms with E-state index < -0.39 is 33.7 Å². The van der Waals surface area contributed by atoms with E-state index in [2.05, 4.69) is 5.32 Å². The van der Waals surface area contributed by atoms with Crippen LogP contribution in [0.4, 0.5) is 0 Å². The van der Waals surface area contributed by atoms with Gasteiger partial charge in [-0.05, 0) is 24.0 Å². The number of nitrogens with one attached hydrogen (secondary N) is 1. The van der Waals surface area contributed by atoms with Gasteiger partial charge in [0.05, 0.1) is 12.5 Å². The van der Waals surface area contributed by atoms with Gasteiger partial charge in [-0.3, -0.25) is 9.59 Å². The van der Waals surface area contributed by atoms with Crippen LogP contribution in [0.5, 0.6) is 0 Å². The van der Waals surface area contributed by atoms with E-state index in [-0.39, 0.29) is 19.5 Å². The molecule has 1 atom stereocenters. The van der Waals surface area contributed by atoms with Crippen LogP contribution in [0, 0.1) is 0 Å². The molecule has 25 heavy (non-hydrogen) atoms. The molecular formula is C16H24N2O5S2. The molecule has 1 aromatic carbocycles. The lowest BCUT2D eigenvalue weighted by Gasteiger charge is -2.21. The molecule has 0 fully saturated rings. The lowest BCUT2D eigenvalue weighted by molar-refractivity contribution is -0.137. The molecule has 0 aliphatic carbocycles. The molecule has 1 unspecified atom stereocenters. The number of carboxylic acids is 1. The largest absolute Gasteiger partial charge is 0.481 e. The van der Waals surface area contributed by atoms with Crippen molar-refractivity contribution in [1.29, 1.82) is 0 Å². The van der Waals surface area contributed by atoms with Gasteiger partial charge in [0, 0.05) is 18.0 Å². The topological polar surface area (TPSA) is 104 Å². The van der Waals surface area contributed by atoms with Crippen LogP contribution in [-0.4, -0.2) is 54.8 Å². The zero-order chi connectivity index (χ0) is 19.0. The van der Waals surface area contributed by atoms with Crippen LogP contribution < -0.4 is 5.32 Å². The summed E-state index contributed by atoms with van der Waals surface area (Å²) in [5.74, 6) is -2.49. The van der Waals surface area contributed by atoms with Crippen molar-refractivity contribution >= 4 is 33.7 Å². The van der Waals surface area contributed by atoms with Crippen molar-refractivity contribution in [2.75, 3.05) is 25.1 Å². The first-order valence-electron chi connectivity index (χ1n) is 7.86. The summed E-state index contributed by atoms with van der Waals surface area (Å²) in [6.07, 6.45) is 1.60. The summed E-state index contributed by atoms with van der Waals surface area (Å²) < 4.78 is 25.5. The molecule has 0 spiro atoms. The van der Waals surface area contributed by atoms with Gasteiger partial charge in [0.25, 0.3) is 0 Å². The fourth-order valence-electron chi connectivity index (χ4n) is 2.37. The molecule has 0 heterocycles. The summed E-state index contributed by atoms with van der Waals surface area (Å²) in [6, 6.07) is 6.34. The van der Waals surface area contributed by atoms with E-state index in [1.54, 1.807) is 37.7 Å². The highest BCUT2D eigenvalue weighted by atomic mass is 32.2. The Balaban J connectivity index is 2.90. The summed E-state index contributed by atoms with van der Waals surface area (Å²) in [6.45, 7) is 3.95. The van der Waals surface area contributed by atoms with Crippen LogP contribution in [0.25, 0.3) is 0 Å². The Morgan fingerprint density at radius 2 is 1.76 bits per heavy atom. The molecule has 0 saturated carbocycles. The molecule has 1 rings (SSSR count). The molecule has 1 amide bonds. The van der Waals surface area contributed by atoms with Gasteiger partial charge >= 0.3 is 5.97 Å². The van der Waals surface area contributed by atoms with E-state index in [4.69, 9.17) is 5.11 Å². The second-order valence-corrected chi connectivity index (χ2v) is 8.18. The summed E-state index contributed by atoms with van der Waals surface area (Å²) in [5.41, 5.74) is 0.619. The maximum Gasteiger partial charge on any atom is 0.305 e. The number of sulfonamides is 1. The lowest BCUT2D eigenvalue weighted by Crippen LogP contribution is -2.40. The monoisotopic (exact) mass is 388 g/mol. The number of rotatable bonds is 10. The number of carbonyl (C=O) groups is 2. The number of hydrogen-bond donors (Lipinski definition) is 2. The number of carboxylic acid groups (broad SMARTS) is 1. The van der Waals surface area contributed by atoms with Crippen LogP contribution in [-0.2, 0) is 19.6 Å². The third-order valence-electron chi connectivity index (χ3n) is 3.64. The van der Waals surface area contributed by atoms with E-state index in [9.17, 15) is 18.0 Å². The summed E-state index contributed by atoms with van der Waals surface area (Å²) in [5, 5.41) is 11.6. The second kappa shape index (κ2) is 9.79. The number of benzene rings is 1. The van der Waals surface area contributed by atoms with Gasteiger partial charge in [0.15, 0.2) is 0 Å². The van der Waals surface area contributed by atoms with Crippen LogP contribution in [0.3, 0.4) is 0 Å². The predicted molar refractivity (Wildman–Crippen MR) is 98.1 cm³/mol. The molecule has 0 saturated heterocycles. The third kappa shape index (κ3) is 6.68. The molecule has 1 aromatic rings. The standard InChI is InChI=1S/C16H24N2O5S2/c1-4-18(5-2)25(22,23)11-15(19)17-14(10-16(20)21)12-6-8-13(24-3)9-7-12/h6-9,14H,4-5,10-11H2,1-3H3,(H,17,19)(H,20,21). The minimum absolute atomic E-state index is 0.279. The van der Waals surface area contributed by atoms with Crippen LogP contribution in [0.1, 0.15) is 31.9 Å². The molecular weight excluding hydrogens is 364 g/mol. The highest BCUT2D eigenvalue weighted by molar-refractivity contribution is 7.98. The Morgan fingerprint density at radius 3 is 2.20 bits per heavy atom. The number of amides is 1. The van der Waals surface area contributed by atoms with Gasteiger partial charge in [0.2, 0.25) is 15.9 Å². The number of hydrogen-bond acceptors (Lipinski definition) is 5. The highest BCUT2D eigenvalue weighted by Crippen LogP contribution is 2.21. The van der Waals surface area contributed by atoms with E-state index >= 15 is 0 Å². The summed E-state index contributed by atoms with van der Waals surface area (Å²) >= 11 is 1.54. The van der Waals surface area contributed by atoms with Crippen molar-refractivity contribution in [2.24, 2.45) is 0 Å². The first-order valence-corrected chi connectivity index (χ1v) is 10.7. The zero-order valence-electron chi connectivity index (χ0n) is 14.6. The SMILES string of the molecule is CCN(CC)S(=O)(=O)CC(=O)NC(CC(=O)O)c1ccc(SC)cc1. The molecule has 0 aliphatic rings. The Morgan fingerprint density at radius 1 is 1.20 bits per heavy atom. The normalized spacial score (nSPS) is 12.8. The smallest absolute Gasteiger partial charge is 0.305 e. The van der Waals surface area contributed by atoms with Gasteiger partial charge in [-0.15, -0.1) is 11.8 Å². The molecule has 9 heteroatoms. The Bertz CT molecular complexity index is 685. The van der Waals surface area contributed by atoms with Gasteiger partial charge < -0.3 is 10.4 Å². The second-order valence-electron chi connectivity index (χ2n) is 5.33. The number of carbonyl (C=O) groups excluding carboxylic acids is 1. The van der Waals surface area contributed by atoms with Crippen LogP contribution in [0.15, 0.2) is 29.2 Å². The zero-order valence-corrected chi connectivity index (χ0v) is 16.2. The Hall–Kier alpha value is -1.58. The fourth-order valence-corrected chi connectivity index (χ4v) is 4.17. The minimum Gasteiger partial charge on any atom is -0.481 e. The van der Waals surface area contributed by atoms with Crippen molar-refractivity contribution in [3.8, 4) is 0 Å². The van der Waals surface area contributed by atoms with Gasteiger partial charge in [-0.1, -0.05) is 26.0 Å². The maximum atomic E-state index is 12.2. The van der Waals surface area contributed by atoms with Gasteiger partial charge in [-0.25, -0.2) is 12.7 Å². The van der Waals surface area contributed by atoms with Crippen molar-refractivity contribution in [3.05, 3.63) is 29.8 Å². The molecule has 2 N–H and O–H groups in total. The average molecular weight is 389 g/mol. The first kappa shape index (κ1) is 21.5. The molecule has 7 nitrogen and oxygen atoms in total. The van der Waals surface area contributed by atoms with Crippen LogP contribution in [0.2, 0.25) is 0 Å². The van der Waals surface area contributed by atoms with E-state index in [0.29, 0.717) is 5.56 Å². The van der Waals surface area contributed by atoms with E-state index in [1.807, 2.05) is 18.4 Å². The predicted octanol–water partition coefficient (Wildman–Crippen LogP) is 1.71. The van der Waals surface area contributed by atoms with Gasteiger partial charge in [0.1, 0.15) is 5.75 Å². The lowest BCUT2D eigenvalue weighted by atomic mass is 10.0. The van der Waals surface area contributed by atoms with Gasteiger partial charge in [-0.2, -0.15) is 0 Å². The first-order chi connectivity index (χ1) is 11.7. The van der Waals surface area contributed by atoms with E-state index in [1.165, 1.54) is 4.31 Å². The number of aliphatic carboxylic acids is 1. The van der Waals surface area contributed by atoms with Crippen molar-refractivity contribution in [3.63, 3.8) is 0 Å². The quantitative estimate of drug-likeness (QED) is 0.592. The number of thioether (sulfide) groups is 1. The minimum atomic E-state index is -3.72. The fraction of sp³-hybridized carbons (Fsp3) is 0.500. The Kier molecular flexibility index (Phi) is 8.40. The van der Waals surface area contributed by atoms with E-state index in [0.717, 1.165) is 4.90 Å². The maximum absolute atomic E-state index is 12.2. The summed E-state index contributed by atoms with van der Waals surface area (Å²) in [4.78, 5) is 24.3. The van der Waals surface area contributed by atoms with Crippen molar-refractivity contribution in [2.45, 2.75) is 31.2 Å². The third-order valence-corrected chi connectivity index (χ3v) is 6.32. The molecule has 0 aromatic heterocycles. The molecule has 0 bridgehead atoms. The van der Waals surface area contributed by atoms with Crippen LogP contribution >= 0.6 is 11.8 Å². The average Bonchev–Trinajstić information content (AvgIpc) is 2.54.